The molecule has 228 valence electrons. The normalized spacial score (nSPS) is 13.2. The Morgan fingerprint density at radius 1 is 0.977 bits per heavy atom. The highest BCUT2D eigenvalue weighted by Crippen LogP contribution is 2.31. The largest absolute Gasteiger partial charge is 0.480 e. The minimum absolute atomic E-state index is 0.0107. The van der Waals surface area contributed by atoms with Crippen molar-refractivity contribution in [2.75, 3.05) is 4.90 Å². The monoisotopic (exact) mass is 608 g/mol. The number of sulfonamides is 1. The molecule has 0 bridgehead atoms. The van der Waals surface area contributed by atoms with E-state index in [0.29, 0.717) is 11.3 Å². The van der Waals surface area contributed by atoms with E-state index in [1.807, 2.05) is 18.2 Å². The summed E-state index contributed by atoms with van der Waals surface area (Å²) in [6.45, 7) is 9.80. The maximum absolute atomic E-state index is 13.8. The molecule has 1 unspecified atom stereocenters. The van der Waals surface area contributed by atoms with Gasteiger partial charge in [0.05, 0.1) is 18.8 Å². The van der Waals surface area contributed by atoms with Crippen LogP contribution in [0.5, 0.6) is 0 Å². The molecule has 0 saturated heterocycles. The van der Waals surface area contributed by atoms with Crippen LogP contribution >= 0.6 is 0 Å². The van der Waals surface area contributed by atoms with Crippen LogP contribution in [0.4, 0.5) is 10.6 Å². The lowest BCUT2D eigenvalue weighted by Crippen LogP contribution is -2.54. The number of nitrogens with zero attached hydrogens (tertiary/aromatic N) is 4. The van der Waals surface area contributed by atoms with Crippen molar-refractivity contribution in [2.24, 2.45) is 5.41 Å². The Labute approximate surface area is 251 Å². The summed E-state index contributed by atoms with van der Waals surface area (Å²) in [6, 6.07) is 15.5. The molecule has 0 spiro atoms. The SMILES string of the molecule is CC(C)(C)OC(=O)N(c1cccc(CN(Cc2cc3ccccc3o2)S(=O)(=O)c2cccnc2)n1)C(C(=O)O)C(C)(C)C. The zero-order chi connectivity index (χ0) is 31.6. The number of hydrogen-bond acceptors (Lipinski definition) is 8. The van der Waals surface area contributed by atoms with Crippen molar-refractivity contribution in [1.29, 1.82) is 0 Å². The average molecular weight is 609 g/mol. The first-order valence-corrected chi connectivity index (χ1v) is 15.1. The van der Waals surface area contributed by atoms with Crippen LogP contribution in [-0.2, 0) is 32.6 Å². The number of rotatable bonds is 9. The Morgan fingerprint density at radius 3 is 2.30 bits per heavy atom. The van der Waals surface area contributed by atoms with Crippen LogP contribution in [0.1, 0.15) is 53.0 Å². The highest BCUT2D eigenvalue weighted by Gasteiger charge is 2.42. The molecule has 12 heteroatoms. The summed E-state index contributed by atoms with van der Waals surface area (Å²) in [5.74, 6) is -0.813. The fourth-order valence-electron chi connectivity index (χ4n) is 4.54. The van der Waals surface area contributed by atoms with E-state index in [1.165, 1.54) is 34.9 Å². The molecule has 0 aliphatic carbocycles. The number of carbonyl (C=O) groups is 2. The maximum atomic E-state index is 13.8. The van der Waals surface area contributed by atoms with Crippen molar-refractivity contribution in [3.8, 4) is 0 Å². The first kappa shape index (κ1) is 31.6. The Bertz CT molecular complexity index is 1670. The first-order chi connectivity index (χ1) is 20.1. The van der Waals surface area contributed by atoms with Crippen molar-refractivity contribution in [3.05, 3.63) is 84.5 Å². The molecule has 3 aromatic heterocycles. The maximum Gasteiger partial charge on any atom is 0.416 e. The lowest BCUT2D eigenvalue weighted by atomic mass is 9.85. The number of carboxylic acid groups (broad SMARTS) is 1. The third-order valence-corrected chi connectivity index (χ3v) is 8.14. The second-order valence-corrected chi connectivity index (χ2v) is 14.1. The zero-order valence-electron chi connectivity index (χ0n) is 25.0. The third-order valence-electron chi connectivity index (χ3n) is 6.36. The summed E-state index contributed by atoms with van der Waals surface area (Å²) >= 11 is 0. The van der Waals surface area contributed by atoms with Gasteiger partial charge in [-0.3, -0.25) is 4.98 Å². The smallest absolute Gasteiger partial charge is 0.416 e. The summed E-state index contributed by atoms with van der Waals surface area (Å²) in [7, 11) is -4.09. The predicted molar refractivity (Wildman–Crippen MR) is 161 cm³/mol. The minimum atomic E-state index is -4.09. The van der Waals surface area contributed by atoms with Crippen LogP contribution in [0.15, 0.2) is 82.4 Å². The number of furan rings is 1. The molecule has 4 aromatic rings. The van der Waals surface area contributed by atoms with Gasteiger partial charge in [-0.2, -0.15) is 4.31 Å². The zero-order valence-corrected chi connectivity index (χ0v) is 25.8. The second kappa shape index (κ2) is 12.1. The van der Waals surface area contributed by atoms with Gasteiger partial charge >= 0.3 is 12.1 Å². The van der Waals surface area contributed by atoms with E-state index in [0.717, 1.165) is 10.3 Å². The van der Waals surface area contributed by atoms with Crippen molar-refractivity contribution >= 4 is 38.9 Å². The molecule has 1 amide bonds. The van der Waals surface area contributed by atoms with Crippen LogP contribution < -0.4 is 4.90 Å². The number of aliphatic carboxylic acids is 1. The lowest BCUT2D eigenvalue weighted by molar-refractivity contribution is -0.141. The number of amides is 1. The molecule has 43 heavy (non-hydrogen) atoms. The van der Waals surface area contributed by atoms with Gasteiger partial charge < -0.3 is 14.3 Å². The Balaban J connectivity index is 1.77. The van der Waals surface area contributed by atoms with E-state index in [4.69, 9.17) is 9.15 Å². The van der Waals surface area contributed by atoms with Gasteiger partial charge in [0.2, 0.25) is 10.0 Å². The molecular formula is C31H36N4O7S. The van der Waals surface area contributed by atoms with Crippen LogP contribution in [0.3, 0.4) is 0 Å². The lowest BCUT2D eigenvalue weighted by Gasteiger charge is -2.37. The molecule has 0 fully saturated rings. The van der Waals surface area contributed by atoms with Crippen molar-refractivity contribution in [3.63, 3.8) is 0 Å². The van der Waals surface area contributed by atoms with Gasteiger partial charge in [-0.15, -0.1) is 0 Å². The van der Waals surface area contributed by atoms with E-state index in [2.05, 4.69) is 9.97 Å². The number of para-hydroxylation sites is 1. The highest BCUT2D eigenvalue weighted by atomic mass is 32.2. The van der Waals surface area contributed by atoms with Crippen LogP contribution in [0.25, 0.3) is 11.0 Å². The molecule has 0 aliphatic rings. The van der Waals surface area contributed by atoms with E-state index < -0.39 is 39.1 Å². The summed E-state index contributed by atoms with van der Waals surface area (Å²) in [6.07, 6.45) is 1.85. The van der Waals surface area contributed by atoms with Gasteiger partial charge in [0.15, 0.2) is 0 Å². The van der Waals surface area contributed by atoms with E-state index >= 15 is 0 Å². The van der Waals surface area contributed by atoms with Crippen molar-refractivity contribution in [1.82, 2.24) is 14.3 Å². The molecule has 1 N–H and O–H groups in total. The fourth-order valence-corrected chi connectivity index (χ4v) is 5.89. The van der Waals surface area contributed by atoms with Crippen molar-refractivity contribution in [2.45, 2.75) is 71.2 Å². The topological polar surface area (TPSA) is 143 Å². The molecule has 0 saturated carbocycles. The number of aromatic nitrogens is 2. The summed E-state index contributed by atoms with van der Waals surface area (Å²) in [5.41, 5.74) is -0.925. The minimum Gasteiger partial charge on any atom is -0.480 e. The fraction of sp³-hybridized carbons (Fsp3) is 0.355. The first-order valence-electron chi connectivity index (χ1n) is 13.6. The molecule has 1 atom stereocenters. The molecule has 1 aromatic carbocycles. The van der Waals surface area contributed by atoms with Crippen LogP contribution in [0.2, 0.25) is 0 Å². The Morgan fingerprint density at radius 2 is 1.70 bits per heavy atom. The highest BCUT2D eigenvalue weighted by molar-refractivity contribution is 7.89. The van der Waals surface area contributed by atoms with Gasteiger partial charge in [-0.05, 0) is 62.6 Å². The number of carbonyl (C=O) groups excluding carboxylic acids is 1. The molecular weight excluding hydrogens is 572 g/mol. The predicted octanol–water partition coefficient (Wildman–Crippen LogP) is 5.85. The number of hydrogen-bond donors (Lipinski definition) is 1. The Kier molecular flexibility index (Phi) is 8.93. The number of benzene rings is 1. The molecule has 3 heterocycles. The van der Waals surface area contributed by atoms with Crippen LogP contribution in [-0.4, -0.2) is 51.5 Å². The summed E-state index contributed by atoms with van der Waals surface area (Å²) < 4.78 is 40.3. The molecule has 0 aliphatic heterocycles. The van der Waals surface area contributed by atoms with Crippen LogP contribution in [0, 0.1) is 5.41 Å². The summed E-state index contributed by atoms with van der Waals surface area (Å²) in [5, 5.41) is 11.0. The van der Waals surface area contributed by atoms with Gasteiger partial charge in [0.25, 0.3) is 0 Å². The summed E-state index contributed by atoms with van der Waals surface area (Å²) in [4.78, 5) is 35.5. The van der Waals surface area contributed by atoms with E-state index in [9.17, 15) is 23.1 Å². The number of ether oxygens (including phenoxy) is 1. The number of pyridine rings is 2. The van der Waals surface area contributed by atoms with Crippen molar-refractivity contribution < 1.29 is 32.3 Å². The van der Waals surface area contributed by atoms with Gasteiger partial charge in [0, 0.05) is 17.8 Å². The van der Waals surface area contributed by atoms with E-state index in [-0.39, 0.29) is 29.5 Å². The second-order valence-electron chi connectivity index (χ2n) is 12.2. The standard InChI is InChI=1S/C31H36N4O7S/c1-30(2,3)27(28(36)37)35(29(38)42-31(4,5)6)26-15-9-12-22(33-26)19-34(43(39,40)24-13-10-16-32-18-24)20-23-17-21-11-7-8-14-25(21)41-23/h7-18,27H,19-20H2,1-6H3,(H,36,37). The molecule has 11 nitrogen and oxygen atoms in total. The quantitative estimate of drug-likeness (QED) is 0.247. The van der Waals surface area contributed by atoms with E-state index in [1.54, 1.807) is 65.8 Å². The van der Waals surface area contributed by atoms with Gasteiger partial charge in [-0.25, -0.2) is 27.9 Å². The molecule has 4 rings (SSSR count). The average Bonchev–Trinajstić information content (AvgIpc) is 3.32. The molecule has 0 radical (unpaired) electrons. The third kappa shape index (κ3) is 7.57. The number of carboxylic acids is 1. The number of anilines is 1. The number of fused-ring (bicyclic) bond motifs is 1. The van der Waals surface area contributed by atoms with Gasteiger partial charge in [-0.1, -0.05) is 45.0 Å². The Hall–Kier alpha value is -4.29. The van der Waals surface area contributed by atoms with Gasteiger partial charge in [0.1, 0.15) is 33.7 Å².